The molecule has 5 nitrogen and oxygen atoms in total. The predicted octanol–water partition coefficient (Wildman–Crippen LogP) is 1.42. The van der Waals surface area contributed by atoms with Crippen molar-refractivity contribution in [3.05, 3.63) is 32.6 Å². The van der Waals surface area contributed by atoms with Crippen LogP contribution in [0.3, 0.4) is 0 Å². The van der Waals surface area contributed by atoms with Gasteiger partial charge in [0.2, 0.25) is 0 Å². The average molecular weight is 264 g/mol. The van der Waals surface area contributed by atoms with Gasteiger partial charge in [0.1, 0.15) is 0 Å². The Hall–Kier alpha value is -1.65. The van der Waals surface area contributed by atoms with Crippen molar-refractivity contribution in [1.29, 1.82) is 0 Å². The van der Waals surface area contributed by atoms with Gasteiger partial charge in [-0.15, -0.1) is 0 Å². The Labute approximate surface area is 111 Å². The van der Waals surface area contributed by atoms with E-state index in [1.807, 2.05) is 0 Å². The lowest BCUT2D eigenvalue weighted by Gasteiger charge is -2.07. The molecule has 1 aliphatic rings. The van der Waals surface area contributed by atoms with Crippen molar-refractivity contribution >= 4 is 5.78 Å². The van der Waals surface area contributed by atoms with Gasteiger partial charge in [-0.25, -0.2) is 4.79 Å². The zero-order chi connectivity index (χ0) is 14.6. The van der Waals surface area contributed by atoms with Crippen LogP contribution >= 0.6 is 0 Å². The molecule has 0 atom stereocenters. The first-order chi connectivity index (χ1) is 8.60. The third kappa shape index (κ3) is 1.88. The molecule has 0 aromatic carbocycles. The van der Waals surface area contributed by atoms with Crippen LogP contribution in [0.1, 0.15) is 45.0 Å². The summed E-state index contributed by atoms with van der Waals surface area (Å²) >= 11 is 0. The zero-order valence-corrected chi connectivity index (χ0v) is 12.0. The Morgan fingerprint density at radius 3 is 2.21 bits per heavy atom. The van der Waals surface area contributed by atoms with Crippen LogP contribution in [0.15, 0.2) is 15.8 Å². The number of rotatable bonds is 3. The molecule has 0 spiro atoms. The lowest BCUT2D eigenvalue weighted by Crippen LogP contribution is -2.38. The van der Waals surface area contributed by atoms with Crippen molar-refractivity contribution in [2.24, 2.45) is 16.7 Å². The summed E-state index contributed by atoms with van der Waals surface area (Å²) in [4.78, 5) is 37.8. The number of nitrogens with zero attached hydrogens (tertiary/aromatic N) is 1. The number of aromatic nitrogens is 2. The van der Waals surface area contributed by atoms with Gasteiger partial charge in [-0.1, -0.05) is 27.7 Å². The first-order valence-electron chi connectivity index (χ1n) is 6.44. The van der Waals surface area contributed by atoms with Gasteiger partial charge >= 0.3 is 5.69 Å². The maximum Gasteiger partial charge on any atom is 0.328 e. The van der Waals surface area contributed by atoms with E-state index < -0.39 is 11.2 Å². The van der Waals surface area contributed by atoms with E-state index in [9.17, 15) is 14.4 Å². The highest BCUT2D eigenvalue weighted by Crippen LogP contribution is 2.68. The van der Waals surface area contributed by atoms with Gasteiger partial charge in [-0.05, 0) is 23.7 Å². The standard InChI is InChI=1S/C14H20N2O3/c1-8(17)9-6-15-12(19)16(11(9)18)7-10-13(2,3)14(10,4)5/h6,10H,7H2,1-5H3,(H,15,19). The predicted molar refractivity (Wildman–Crippen MR) is 72.4 cm³/mol. The molecule has 5 heteroatoms. The highest BCUT2D eigenvalue weighted by atomic mass is 16.2. The highest BCUT2D eigenvalue weighted by Gasteiger charge is 2.64. The summed E-state index contributed by atoms with van der Waals surface area (Å²) in [6.07, 6.45) is 1.20. The molecule has 19 heavy (non-hydrogen) atoms. The third-order valence-corrected chi connectivity index (χ3v) is 5.12. The van der Waals surface area contributed by atoms with Crippen LogP contribution in [0.5, 0.6) is 0 Å². The average Bonchev–Trinajstić information content (AvgIpc) is 2.64. The van der Waals surface area contributed by atoms with Crippen LogP contribution in [0.2, 0.25) is 0 Å². The summed E-state index contributed by atoms with van der Waals surface area (Å²) in [5.74, 6) is -0.0784. The second kappa shape index (κ2) is 3.92. The fourth-order valence-electron chi connectivity index (χ4n) is 2.90. The number of hydrogen-bond acceptors (Lipinski definition) is 3. The molecule has 0 amide bonds. The Balaban J connectivity index is 2.43. The smallest absolute Gasteiger partial charge is 0.313 e. The quantitative estimate of drug-likeness (QED) is 0.839. The lowest BCUT2D eigenvalue weighted by molar-refractivity contribution is 0.101. The van der Waals surface area contributed by atoms with Crippen LogP contribution in [-0.2, 0) is 6.54 Å². The second-order valence-corrected chi connectivity index (χ2v) is 6.48. The second-order valence-electron chi connectivity index (χ2n) is 6.48. The molecule has 1 fully saturated rings. The van der Waals surface area contributed by atoms with Gasteiger partial charge < -0.3 is 4.98 Å². The van der Waals surface area contributed by atoms with Crippen molar-refractivity contribution < 1.29 is 4.79 Å². The number of carbonyl (C=O) groups is 1. The van der Waals surface area contributed by atoms with Gasteiger partial charge in [0.25, 0.3) is 5.56 Å². The van der Waals surface area contributed by atoms with Gasteiger partial charge in [0.05, 0.1) is 5.56 Å². The summed E-state index contributed by atoms with van der Waals surface area (Å²) < 4.78 is 1.15. The van der Waals surface area contributed by atoms with E-state index in [0.717, 1.165) is 4.57 Å². The van der Waals surface area contributed by atoms with Crippen molar-refractivity contribution in [3.8, 4) is 0 Å². The molecule has 2 rings (SSSR count). The minimum absolute atomic E-state index is 0.0378. The van der Waals surface area contributed by atoms with E-state index in [2.05, 4.69) is 32.7 Å². The number of aromatic amines is 1. The van der Waals surface area contributed by atoms with E-state index >= 15 is 0 Å². The lowest BCUT2D eigenvalue weighted by atomic mass is 10.0. The minimum Gasteiger partial charge on any atom is -0.313 e. The fourth-order valence-corrected chi connectivity index (χ4v) is 2.90. The Morgan fingerprint density at radius 2 is 1.79 bits per heavy atom. The fraction of sp³-hybridized carbons (Fsp3) is 0.643. The molecule has 0 bridgehead atoms. The topological polar surface area (TPSA) is 71.9 Å². The summed E-state index contributed by atoms with van der Waals surface area (Å²) in [7, 11) is 0. The van der Waals surface area contributed by atoms with Gasteiger partial charge in [0.15, 0.2) is 5.78 Å². The van der Waals surface area contributed by atoms with Crippen LogP contribution in [0.4, 0.5) is 0 Å². The number of hydrogen-bond donors (Lipinski definition) is 1. The van der Waals surface area contributed by atoms with Gasteiger partial charge in [0, 0.05) is 12.7 Å². The molecule has 104 valence electrons. The first-order valence-corrected chi connectivity index (χ1v) is 6.44. The number of H-pyrrole nitrogens is 1. The molecule has 0 aliphatic heterocycles. The van der Waals surface area contributed by atoms with E-state index in [1.54, 1.807) is 0 Å². The van der Waals surface area contributed by atoms with Crippen LogP contribution in [0.25, 0.3) is 0 Å². The molecule has 1 aliphatic carbocycles. The largest absolute Gasteiger partial charge is 0.328 e. The molecular formula is C14H20N2O3. The molecular weight excluding hydrogens is 244 g/mol. The van der Waals surface area contributed by atoms with E-state index in [-0.39, 0.29) is 28.1 Å². The molecule has 1 saturated carbocycles. The first kappa shape index (κ1) is 13.8. The number of Topliss-reactive ketones (excluding diaryl/α,β-unsaturated/α-hetero) is 1. The molecule has 0 unspecified atom stereocenters. The summed E-state index contributed by atoms with van der Waals surface area (Å²) in [5.41, 5.74) is -0.727. The minimum atomic E-state index is -0.491. The summed E-state index contributed by atoms with van der Waals surface area (Å²) in [6, 6.07) is 0. The van der Waals surface area contributed by atoms with E-state index in [0.29, 0.717) is 6.54 Å². The number of nitrogens with one attached hydrogen (secondary N) is 1. The van der Waals surface area contributed by atoms with Crippen molar-refractivity contribution in [1.82, 2.24) is 9.55 Å². The highest BCUT2D eigenvalue weighted by molar-refractivity contribution is 5.93. The van der Waals surface area contributed by atoms with Crippen LogP contribution < -0.4 is 11.2 Å². The number of carbonyl (C=O) groups excluding carboxylic acids is 1. The summed E-state index contributed by atoms with van der Waals surface area (Å²) in [6.45, 7) is 10.2. The summed E-state index contributed by atoms with van der Waals surface area (Å²) in [5, 5.41) is 0. The Bertz CT molecular complexity index is 635. The molecule has 1 aromatic heterocycles. The maximum absolute atomic E-state index is 12.1. The van der Waals surface area contributed by atoms with Crippen molar-refractivity contribution in [2.75, 3.05) is 0 Å². The molecule has 0 radical (unpaired) electrons. The third-order valence-electron chi connectivity index (χ3n) is 5.12. The zero-order valence-electron chi connectivity index (χ0n) is 12.0. The Morgan fingerprint density at radius 1 is 1.26 bits per heavy atom. The maximum atomic E-state index is 12.1. The SMILES string of the molecule is CC(=O)c1c[nH]c(=O)n(CC2C(C)(C)C2(C)C)c1=O. The van der Waals surface area contributed by atoms with E-state index in [4.69, 9.17) is 0 Å². The monoisotopic (exact) mass is 264 g/mol. The number of ketones is 1. The molecule has 0 saturated heterocycles. The van der Waals surface area contributed by atoms with Gasteiger partial charge in [-0.3, -0.25) is 14.2 Å². The van der Waals surface area contributed by atoms with Crippen LogP contribution in [-0.4, -0.2) is 15.3 Å². The van der Waals surface area contributed by atoms with Crippen molar-refractivity contribution in [2.45, 2.75) is 41.2 Å². The molecule has 1 aromatic rings. The molecule has 1 heterocycles. The van der Waals surface area contributed by atoms with E-state index in [1.165, 1.54) is 13.1 Å². The normalized spacial score (nSPS) is 20.3. The molecule has 1 N–H and O–H groups in total. The van der Waals surface area contributed by atoms with Gasteiger partial charge in [-0.2, -0.15) is 0 Å². The Kier molecular flexibility index (Phi) is 2.84. The van der Waals surface area contributed by atoms with Crippen molar-refractivity contribution in [3.63, 3.8) is 0 Å². The van der Waals surface area contributed by atoms with Crippen LogP contribution in [0, 0.1) is 16.7 Å².